The lowest BCUT2D eigenvalue weighted by Crippen LogP contribution is -2.68. The third kappa shape index (κ3) is 12.8. The minimum atomic E-state index is -1.62. The fraction of sp³-hybridized carbons (Fsp3) is 0.574. The fourth-order valence-corrected chi connectivity index (χ4v) is 8.45. The Morgan fingerprint density at radius 2 is 1.35 bits per heavy atom. The number of hydrogen-bond acceptors (Lipinski definition) is 15. The molecule has 0 aromatic heterocycles. The van der Waals surface area contributed by atoms with Gasteiger partial charge in [0.2, 0.25) is 17.7 Å². The molecular formula is C47H62N4O15. The summed E-state index contributed by atoms with van der Waals surface area (Å²) in [6.45, 7) is 14.0. The number of nitrogens with one attached hydrogen (secondary N) is 3. The van der Waals surface area contributed by atoms with Gasteiger partial charge in [-0.05, 0) is 68.7 Å². The molecule has 2 aromatic carbocycles. The molecule has 19 nitrogen and oxygen atoms in total. The molecule has 0 saturated carbocycles. The van der Waals surface area contributed by atoms with Crippen molar-refractivity contribution in [3.63, 3.8) is 0 Å². The van der Waals surface area contributed by atoms with Crippen LogP contribution in [0, 0.1) is 5.92 Å². The van der Waals surface area contributed by atoms with E-state index < -0.39 is 121 Å². The third-order valence-electron chi connectivity index (χ3n) is 11.2. The predicted molar refractivity (Wildman–Crippen MR) is 234 cm³/mol. The van der Waals surface area contributed by atoms with E-state index >= 15 is 0 Å². The molecule has 360 valence electrons. The van der Waals surface area contributed by atoms with Gasteiger partial charge in [-0.2, -0.15) is 0 Å². The van der Waals surface area contributed by atoms with Crippen molar-refractivity contribution in [1.29, 1.82) is 0 Å². The van der Waals surface area contributed by atoms with E-state index in [0.717, 1.165) is 43.0 Å². The number of rotatable bonds is 16. The Hall–Kier alpha value is -6.08. The molecule has 2 aromatic rings. The lowest BCUT2D eigenvalue weighted by Gasteiger charge is -2.46. The normalized spacial score (nSPS) is 22.7. The SMILES string of the molecule is CC(=O)N[C@H]1[C@@H](O[C@H](C)[C@H](NC(=O)[C@@H](NC(=O)OCC2c3ccccc3-c3ccccc32)C(C)C)C(=O)N2CCC[C@H]2C(=O)OC(C)(C)C)O[C@H](COC(C)=O)[C@H](OC(C)=O)[C@@H]1OC(C)=O. The van der Waals surface area contributed by atoms with Gasteiger partial charge in [0.25, 0.3) is 0 Å². The average molecular weight is 923 g/mol. The highest BCUT2D eigenvalue weighted by Crippen LogP contribution is 2.44. The van der Waals surface area contributed by atoms with Crippen LogP contribution in [-0.4, -0.2) is 133 Å². The van der Waals surface area contributed by atoms with Crippen LogP contribution < -0.4 is 16.0 Å². The van der Waals surface area contributed by atoms with Crippen molar-refractivity contribution in [2.75, 3.05) is 19.8 Å². The predicted octanol–water partition coefficient (Wildman–Crippen LogP) is 3.43. The molecular weight excluding hydrogens is 861 g/mol. The van der Waals surface area contributed by atoms with Gasteiger partial charge in [0.1, 0.15) is 49.1 Å². The van der Waals surface area contributed by atoms with Crippen molar-refractivity contribution in [3.05, 3.63) is 59.7 Å². The molecule has 66 heavy (non-hydrogen) atoms. The fourth-order valence-electron chi connectivity index (χ4n) is 8.45. The van der Waals surface area contributed by atoms with Gasteiger partial charge in [-0.25, -0.2) is 9.59 Å². The van der Waals surface area contributed by atoms with Gasteiger partial charge >= 0.3 is 30.0 Å². The second-order valence-corrected chi connectivity index (χ2v) is 18.0. The molecule has 1 aliphatic carbocycles. The summed E-state index contributed by atoms with van der Waals surface area (Å²) in [5, 5.41) is 8.02. The molecule has 0 radical (unpaired) electrons. The van der Waals surface area contributed by atoms with E-state index in [0.29, 0.717) is 6.42 Å². The van der Waals surface area contributed by atoms with Crippen molar-refractivity contribution in [2.24, 2.45) is 5.92 Å². The maximum atomic E-state index is 14.8. The number of hydrogen-bond donors (Lipinski definition) is 3. The van der Waals surface area contributed by atoms with Crippen LogP contribution in [0.5, 0.6) is 0 Å². The van der Waals surface area contributed by atoms with Crippen LogP contribution in [0.15, 0.2) is 48.5 Å². The summed E-state index contributed by atoms with van der Waals surface area (Å²) in [5.74, 6) is -6.01. The second kappa shape index (κ2) is 21.9. The van der Waals surface area contributed by atoms with Crippen LogP contribution in [0.1, 0.15) is 99.1 Å². The largest absolute Gasteiger partial charge is 0.463 e. The standard InChI is InChI=1S/C47H62N4O15/c1-24(2)37(50-46(59)61-22-34-32-18-13-11-16-30(32)31-17-12-14-19-33(31)34)42(56)49-38(43(57)51-21-15-20-35(51)44(58)66-47(8,9)10)25(3)62-45-39(48-26(4)52)41(64-29(7)55)40(63-28(6)54)36(65-45)23-60-27(5)53/h11-14,16-19,24-25,34-41,45H,15,20-23H2,1-10H3,(H,48,52)(H,49,56)(H,50,59)/t25-,35+,36-,37+,38+,39-,40+,41-,45+/m1/s1. The molecule has 3 aliphatic rings. The van der Waals surface area contributed by atoms with Crippen LogP contribution in [0.4, 0.5) is 4.79 Å². The number of nitrogens with zero attached hydrogens (tertiary/aromatic N) is 1. The molecule has 4 amide bonds. The van der Waals surface area contributed by atoms with Gasteiger partial charge in [0.15, 0.2) is 18.5 Å². The zero-order valence-corrected chi connectivity index (χ0v) is 39.1. The van der Waals surface area contributed by atoms with Crippen molar-refractivity contribution in [3.8, 4) is 11.1 Å². The second-order valence-electron chi connectivity index (χ2n) is 18.0. The lowest BCUT2D eigenvalue weighted by atomic mass is 9.95. The highest BCUT2D eigenvalue weighted by atomic mass is 16.7. The van der Waals surface area contributed by atoms with Gasteiger partial charge in [0.05, 0.1) is 6.10 Å². The van der Waals surface area contributed by atoms with Crippen LogP contribution in [0.2, 0.25) is 0 Å². The molecule has 0 spiro atoms. The number of likely N-dealkylation sites (tertiary alicyclic amines) is 1. The molecule has 3 N–H and O–H groups in total. The van der Waals surface area contributed by atoms with Gasteiger partial charge in [-0.1, -0.05) is 62.4 Å². The first-order chi connectivity index (χ1) is 31.1. The zero-order valence-electron chi connectivity index (χ0n) is 39.1. The average Bonchev–Trinajstić information content (AvgIpc) is 3.85. The Bertz CT molecular complexity index is 2090. The first kappa shape index (κ1) is 50.9. The Morgan fingerprint density at radius 3 is 1.89 bits per heavy atom. The summed E-state index contributed by atoms with van der Waals surface area (Å²) in [7, 11) is 0. The molecule has 9 atom stereocenters. The first-order valence-corrected chi connectivity index (χ1v) is 22.1. The molecule has 2 fully saturated rings. The molecule has 2 heterocycles. The summed E-state index contributed by atoms with van der Waals surface area (Å²) >= 11 is 0. The smallest absolute Gasteiger partial charge is 0.407 e. The quantitative estimate of drug-likeness (QED) is 0.162. The maximum absolute atomic E-state index is 14.8. The molecule has 0 unspecified atom stereocenters. The van der Waals surface area contributed by atoms with E-state index in [1.807, 2.05) is 48.5 Å². The lowest BCUT2D eigenvalue weighted by molar-refractivity contribution is -0.287. The molecule has 0 bridgehead atoms. The number of carbonyl (C=O) groups is 8. The Morgan fingerprint density at radius 1 is 0.758 bits per heavy atom. The van der Waals surface area contributed by atoms with Crippen LogP contribution >= 0.6 is 0 Å². The van der Waals surface area contributed by atoms with Crippen LogP contribution in [0.3, 0.4) is 0 Å². The highest BCUT2D eigenvalue weighted by Gasteiger charge is 2.53. The minimum Gasteiger partial charge on any atom is -0.463 e. The summed E-state index contributed by atoms with van der Waals surface area (Å²) in [5.41, 5.74) is 3.18. The number of benzene rings is 2. The number of amides is 4. The van der Waals surface area contributed by atoms with Crippen molar-refractivity contribution in [1.82, 2.24) is 20.9 Å². The number of esters is 4. The molecule has 5 rings (SSSR count). The number of alkyl carbamates (subject to hydrolysis) is 1. The summed E-state index contributed by atoms with van der Waals surface area (Å²) < 4.78 is 40.3. The topological polar surface area (TPSA) is 240 Å². The zero-order chi connectivity index (χ0) is 48.6. The summed E-state index contributed by atoms with van der Waals surface area (Å²) in [4.78, 5) is 107. The van der Waals surface area contributed by atoms with E-state index in [9.17, 15) is 38.4 Å². The van der Waals surface area contributed by atoms with Crippen molar-refractivity contribution >= 4 is 47.7 Å². The van der Waals surface area contributed by atoms with Crippen molar-refractivity contribution < 1.29 is 71.5 Å². The first-order valence-electron chi connectivity index (χ1n) is 22.1. The summed E-state index contributed by atoms with van der Waals surface area (Å²) in [6.07, 6.45) is -7.42. The van der Waals surface area contributed by atoms with E-state index in [1.165, 1.54) is 18.7 Å². The van der Waals surface area contributed by atoms with Gasteiger partial charge in [-0.15, -0.1) is 0 Å². The van der Waals surface area contributed by atoms with Gasteiger partial charge in [-0.3, -0.25) is 28.8 Å². The Kier molecular flexibility index (Phi) is 16.9. The van der Waals surface area contributed by atoms with E-state index in [4.69, 9.17) is 33.2 Å². The molecule has 19 heteroatoms. The maximum Gasteiger partial charge on any atom is 0.407 e. The van der Waals surface area contributed by atoms with Gasteiger partial charge < -0.3 is 54.0 Å². The third-order valence-corrected chi connectivity index (χ3v) is 11.2. The van der Waals surface area contributed by atoms with Crippen LogP contribution in [0.25, 0.3) is 11.1 Å². The number of carbonyl (C=O) groups excluding carboxylic acids is 8. The monoisotopic (exact) mass is 922 g/mol. The molecule has 2 saturated heterocycles. The highest BCUT2D eigenvalue weighted by molar-refractivity contribution is 5.94. The van der Waals surface area contributed by atoms with Crippen molar-refractivity contribution in [2.45, 2.75) is 148 Å². The van der Waals surface area contributed by atoms with E-state index in [2.05, 4.69) is 16.0 Å². The molecule has 2 aliphatic heterocycles. The summed E-state index contributed by atoms with van der Waals surface area (Å²) in [6, 6.07) is 10.4. The number of ether oxygens (including phenoxy) is 7. The van der Waals surface area contributed by atoms with Crippen LogP contribution in [-0.2, 0) is 66.7 Å². The number of fused-ring (bicyclic) bond motifs is 3. The van der Waals surface area contributed by atoms with Gasteiger partial charge in [0, 0.05) is 40.2 Å². The van der Waals surface area contributed by atoms with E-state index in [-0.39, 0.29) is 25.5 Å². The minimum absolute atomic E-state index is 0.0265. The Balaban J connectivity index is 1.44. The Labute approximate surface area is 384 Å². The van der Waals surface area contributed by atoms with E-state index in [1.54, 1.807) is 34.6 Å².